The van der Waals surface area contributed by atoms with Gasteiger partial charge in [0.1, 0.15) is 0 Å². The molecule has 2 aliphatic rings. The zero-order chi connectivity index (χ0) is 10.2. The molecule has 1 saturated heterocycles. The number of aliphatic hydroxyl groups is 1. The van der Waals surface area contributed by atoms with Crippen LogP contribution in [0.1, 0.15) is 26.2 Å². The van der Waals surface area contributed by atoms with Crippen LogP contribution in [-0.2, 0) is 4.74 Å². The average Bonchev–Trinajstić information content (AvgIpc) is 2.73. The minimum atomic E-state index is -0.431. The van der Waals surface area contributed by atoms with Crippen LogP contribution >= 0.6 is 0 Å². The van der Waals surface area contributed by atoms with Gasteiger partial charge >= 0.3 is 0 Å². The molecular weight excluding hydrogens is 178 g/mol. The van der Waals surface area contributed by atoms with E-state index in [1.165, 1.54) is 0 Å². The lowest BCUT2D eigenvalue weighted by molar-refractivity contribution is 0.0825. The van der Waals surface area contributed by atoms with Gasteiger partial charge in [0.15, 0.2) is 0 Å². The van der Waals surface area contributed by atoms with E-state index in [0.29, 0.717) is 19.1 Å². The van der Waals surface area contributed by atoms with Crippen LogP contribution in [0, 0.1) is 28.6 Å². The first-order valence-electron chi connectivity index (χ1n) is 5.35. The Morgan fingerprint density at radius 3 is 2.71 bits per heavy atom. The maximum atomic E-state index is 9.76. The van der Waals surface area contributed by atoms with Gasteiger partial charge in [0, 0.05) is 5.92 Å². The Kier molecular flexibility index (Phi) is 2.50. The van der Waals surface area contributed by atoms with Crippen molar-refractivity contribution in [2.24, 2.45) is 17.3 Å². The first kappa shape index (κ1) is 9.95. The van der Waals surface area contributed by atoms with Crippen molar-refractivity contribution in [1.29, 1.82) is 5.26 Å². The Morgan fingerprint density at radius 1 is 1.50 bits per heavy atom. The van der Waals surface area contributed by atoms with E-state index in [1.807, 2.05) is 0 Å². The molecule has 4 unspecified atom stereocenters. The molecule has 0 aromatic rings. The van der Waals surface area contributed by atoms with Crippen LogP contribution in [0.5, 0.6) is 0 Å². The second-order valence-corrected chi connectivity index (χ2v) is 4.83. The van der Waals surface area contributed by atoms with Crippen LogP contribution in [0.4, 0.5) is 0 Å². The SMILES string of the molecule is CC1CCC(C#N)(C2COCC2O)C1. The molecule has 3 heteroatoms. The summed E-state index contributed by atoms with van der Waals surface area (Å²) in [6.07, 6.45) is 2.53. The number of hydrogen-bond acceptors (Lipinski definition) is 3. The molecule has 4 atom stereocenters. The number of nitriles is 1. The fraction of sp³-hybridized carbons (Fsp3) is 0.909. The van der Waals surface area contributed by atoms with Gasteiger partial charge in [-0.2, -0.15) is 5.26 Å². The van der Waals surface area contributed by atoms with Crippen molar-refractivity contribution in [3.05, 3.63) is 0 Å². The highest BCUT2D eigenvalue weighted by atomic mass is 16.5. The van der Waals surface area contributed by atoms with E-state index in [2.05, 4.69) is 13.0 Å². The van der Waals surface area contributed by atoms with E-state index in [9.17, 15) is 10.4 Å². The number of aliphatic hydroxyl groups excluding tert-OH is 1. The number of rotatable bonds is 1. The Balaban J connectivity index is 2.17. The van der Waals surface area contributed by atoms with Gasteiger partial charge in [-0.3, -0.25) is 0 Å². The molecule has 0 aromatic heterocycles. The summed E-state index contributed by atoms with van der Waals surface area (Å²) in [5.41, 5.74) is -0.310. The van der Waals surface area contributed by atoms with E-state index in [1.54, 1.807) is 0 Å². The van der Waals surface area contributed by atoms with Gasteiger partial charge in [-0.1, -0.05) is 6.92 Å². The molecule has 2 fully saturated rings. The third kappa shape index (κ3) is 1.43. The molecular formula is C11H17NO2. The van der Waals surface area contributed by atoms with E-state index in [4.69, 9.17) is 4.74 Å². The molecule has 0 bridgehead atoms. The van der Waals surface area contributed by atoms with Gasteiger partial charge in [0.25, 0.3) is 0 Å². The summed E-state index contributed by atoms with van der Waals surface area (Å²) < 4.78 is 5.24. The topological polar surface area (TPSA) is 53.2 Å². The Labute approximate surface area is 84.7 Å². The summed E-state index contributed by atoms with van der Waals surface area (Å²) in [6.45, 7) is 3.14. The van der Waals surface area contributed by atoms with Crippen LogP contribution in [-0.4, -0.2) is 24.4 Å². The molecule has 0 spiro atoms. The standard InChI is InChI=1S/C11H17NO2/c1-8-2-3-11(4-8,7-12)9-5-14-6-10(9)13/h8-10,13H,2-6H2,1H3. The van der Waals surface area contributed by atoms with Crippen LogP contribution in [0.3, 0.4) is 0 Å². The Bertz CT molecular complexity index is 261. The first-order chi connectivity index (χ1) is 6.68. The molecule has 1 N–H and O–H groups in total. The van der Waals surface area contributed by atoms with Gasteiger partial charge in [-0.25, -0.2) is 0 Å². The van der Waals surface area contributed by atoms with Gasteiger partial charge < -0.3 is 9.84 Å². The normalized spacial score (nSPS) is 47.9. The van der Waals surface area contributed by atoms with Gasteiger partial charge in [-0.15, -0.1) is 0 Å². The van der Waals surface area contributed by atoms with E-state index in [-0.39, 0.29) is 11.3 Å². The van der Waals surface area contributed by atoms with Crippen LogP contribution in [0.25, 0.3) is 0 Å². The summed E-state index contributed by atoms with van der Waals surface area (Å²) in [6, 6.07) is 2.44. The first-order valence-corrected chi connectivity index (χ1v) is 5.35. The summed E-state index contributed by atoms with van der Waals surface area (Å²) in [5, 5.41) is 19.1. The van der Waals surface area contributed by atoms with Gasteiger partial charge in [0.2, 0.25) is 0 Å². The summed E-state index contributed by atoms with van der Waals surface area (Å²) in [5.74, 6) is 0.653. The monoisotopic (exact) mass is 195 g/mol. The summed E-state index contributed by atoms with van der Waals surface area (Å²) >= 11 is 0. The fourth-order valence-electron chi connectivity index (χ4n) is 2.92. The average molecular weight is 195 g/mol. The van der Waals surface area contributed by atoms with Crippen molar-refractivity contribution in [2.75, 3.05) is 13.2 Å². The lowest BCUT2D eigenvalue weighted by Gasteiger charge is -2.29. The molecule has 1 saturated carbocycles. The van der Waals surface area contributed by atoms with Crippen LogP contribution in [0.2, 0.25) is 0 Å². The highest BCUT2D eigenvalue weighted by Crippen LogP contribution is 2.49. The molecule has 14 heavy (non-hydrogen) atoms. The quantitative estimate of drug-likeness (QED) is 0.686. The molecule has 1 aliphatic carbocycles. The molecule has 0 radical (unpaired) electrons. The molecule has 1 heterocycles. The van der Waals surface area contributed by atoms with Crippen LogP contribution in [0.15, 0.2) is 0 Å². The summed E-state index contributed by atoms with van der Waals surface area (Å²) in [7, 11) is 0. The molecule has 0 aromatic carbocycles. The fourth-order valence-corrected chi connectivity index (χ4v) is 2.92. The molecule has 0 amide bonds. The van der Waals surface area contributed by atoms with Gasteiger partial charge in [0.05, 0.1) is 30.8 Å². The molecule has 1 aliphatic heterocycles. The summed E-state index contributed by atoms with van der Waals surface area (Å²) in [4.78, 5) is 0. The lowest BCUT2D eigenvalue weighted by atomic mass is 9.73. The molecule has 78 valence electrons. The van der Waals surface area contributed by atoms with Crippen molar-refractivity contribution < 1.29 is 9.84 Å². The van der Waals surface area contributed by atoms with Crippen molar-refractivity contribution in [3.63, 3.8) is 0 Å². The predicted molar refractivity (Wildman–Crippen MR) is 51.4 cm³/mol. The second kappa shape index (κ2) is 3.52. The second-order valence-electron chi connectivity index (χ2n) is 4.83. The zero-order valence-electron chi connectivity index (χ0n) is 8.57. The number of ether oxygens (including phenoxy) is 1. The van der Waals surface area contributed by atoms with Crippen molar-refractivity contribution in [2.45, 2.75) is 32.3 Å². The van der Waals surface area contributed by atoms with Crippen molar-refractivity contribution in [1.82, 2.24) is 0 Å². The molecule has 3 nitrogen and oxygen atoms in total. The maximum absolute atomic E-state index is 9.76. The van der Waals surface area contributed by atoms with E-state index in [0.717, 1.165) is 19.3 Å². The number of nitrogens with zero attached hydrogens (tertiary/aromatic N) is 1. The maximum Gasteiger partial charge on any atom is 0.0839 e. The lowest BCUT2D eigenvalue weighted by Crippen LogP contribution is -2.34. The Hall–Kier alpha value is -0.590. The largest absolute Gasteiger partial charge is 0.390 e. The van der Waals surface area contributed by atoms with Crippen LogP contribution < -0.4 is 0 Å². The Morgan fingerprint density at radius 2 is 2.29 bits per heavy atom. The highest BCUT2D eigenvalue weighted by Gasteiger charge is 2.49. The van der Waals surface area contributed by atoms with Gasteiger partial charge in [-0.05, 0) is 25.2 Å². The third-order valence-corrected chi connectivity index (χ3v) is 3.78. The third-order valence-electron chi connectivity index (χ3n) is 3.78. The van der Waals surface area contributed by atoms with E-state index < -0.39 is 6.10 Å². The van der Waals surface area contributed by atoms with Crippen molar-refractivity contribution >= 4 is 0 Å². The molecule has 2 rings (SSSR count). The predicted octanol–water partition coefficient (Wildman–Crippen LogP) is 1.32. The minimum absolute atomic E-state index is 0.0393. The highest BCUT2D eigenvalue weighted by molar-refractivity contribution is 5.09. The van der Waals surface area contributed by atoms with Crippen molar-refractivity contribution in [3.8, 4) is 6.07 Å². The zero-order valence-corrected chi connectivity index (χ0v) is 8.57. The minimum Gasteiger partial charge on any atom is -0.390 e. The van der Waals surface area contributed by atoms with E-state index >= 15 is 0 Å². The smallest absolute Gasteiger partial charge is 0.0839 e. The number of hydrogen-bond donors (Lipinski definition) is 1.